The summed E-state index contributed by atoms with van der Waals surface area (Å²) in [4.78, 5) is 38.2. The topological polar surface area (TPSA) is 120 Å². The molecule has 0 aliphatic carbocycles. The summed E-state index contributed by atoms with van der Waals surface area (Å²) in [5, 5.41) is 3.39. The Morgan fingerprint density at radius 3 is 2.73 bits per heavy atom. The van der Waals surface area contributed by atoms with E-state index in [4.69, 9.17) is 22.7 Å². The number of carbonyl (C=O) groups excluding carboxylic acids is 3. The highest BCUT2D eigenvalue weighted by molar-refractivity contribution is 7.80. The number of benzene rings is 1. The van der Waals surface area contributed by atoms with Crippen LogP contribution < -0.4 is 26.3 Å². The minimum absolute atomic E-state index is 0.0329. The van der Waals surface area contributed by atoms with Gasteiger partial charge in [-0.25, -0.2) is 14.6 Å². The molecule has 2 fully saturated rings. The second-order valence-electron chi connectivity index (χ2n) is 7.38. The molecule has 1 atom stereocenters. The Morgan fingerprint density at radius 1 is 1.30 bits per heavy atom. The summed E-state index contributed by atoms with van der Waals surface area (Å²) >= 11 is 4.76. The normalized spacial score (nSPS) is 18.8. The van der Waals surface area contributed by atoms with Crippen molar-refractivity contribution < 1.29 is 32.3 Å². The average molecular weight is 488 g/mol. The quantitative estimate of drug-likeness (QED) is 0.471. The number of rotatable bonds is 7. The first kappa shape index (κ1) is 24.5. The Bertz CT molecular complexity index is 937. The number of halogens is 3. The molecular weight excluding hydrogens is 465 g/mol. The first-order valence-electron chi connectivity index (χ1n) is 10.1. The zero-order chi connectivity index (χ0) is 24.1. The molecule has 0 saturated carbocycles. The summed E-state index contributed by atoms with van der Waals surface area (Å²) in [6, 6.07) is 4.22. The molecule has 0 spiro atoms. The Kier molecular flexibility index (Phi) is 7.92. The van der Waals surface area contributed by atoms with Gasteiger partial charge in [0.1, 0.15) is 11.9 Å². The Morgan fingerprint density at radius 2 is 2.06 bits per heavy atom. The molecule has 0 bridgehead atoms. The Balaban J connectivity index is 1.62. The Labute approximate surface area is 192 Å². The summed E-state index contributed by atoms with van der Waals surface area (Å²) in [6.07, 6.45) is -4.85. The molecule has 2 aliphatic heterocycles. The lowest BCUT2D eigenvalue weighted by atomic mass is 10.2. The number of thiocarbonyl (C=S) groups is 1. The van der Waals surface area contributed by atoms with Crippen molar-refractivity contribution in [2.24, 2.45) is 5.73 Å². The van der Waals surface area contributed by atoms with Crippen LogP contribution >= 0.6 is 12.2 Å². The van der Waals surface area contributed by atoms with Crippen molar-refractivity contribution in [3.63, 3.8) is 0 Å². The van der Waals surface area contributed by atoms with Crippen LogP contribution in [0.1, 0.15) is 6.42 Å². The van der Waals surface area contributed by atoms with Gasteiger partial charge in [-0.15, -0.1) is 0 Å². The van der Waals surface area contributed by atoms with E-state index in [-0.39, 0.29) is 48.3 Å². The van der Waals surface area contributed by atoms with Crippen LogP contribution in [-0.2, 0) is 14.3 Å². The second kappa shape index (κ2) is 10.7. The first-order valence-corrected chi connectivity index (χ1v) is 10.5. The van der Waals surface area contributed by atoms with Crippen LogP contribution in [0.2, 0.25) is 0 Å². The number of nitrogens with two attached hydrogens (primary N) is 1. The van der Waals surface area contributed by atoms with E-state index in [1.165, 1.54) is 23.2 Å². The lowest BCUT2D eigenvalue weighted by Gasteiger charge is -2.24. The molecular formula is C19H23F3N6O4S. The Hall–Kier alpha value is -3.13. The van der Waals surface area contributed by atoms with E-state index in [1.54, 1.807) is 4.90 Å². The molecule has 180 valence electrons. The first-order chi connectivity index (χ1) is 15.7. The predicted molar refractivity (Wildman–Crippen MR) is 116 cm³/mol. The minimum Gasteiger partial charge on any atom is -0.442 e. The summed E-state index contributed by atoms with van der Waals surface area (Å²) < 4.78 is 44.5. The van der Waals surface area contributed by atoms with Gasteiger partial charge in [0.25, 0.3) is 5.91 Å². The third kappa shape index (κ3) is 6.22. The van der Waals surface area contributed by atoms with Gasteiger partial charge in [0.2, 0.25) is 5.91 Å². The van der Waals surface area contributed by atoms with Crippen LogP contribution in [0.25, 0.3) is 0 Å². The van der Waals surface area contributed by atoms with Crippen molar-refractivity contribution >= 4 is 46.5 Å². The van der Waals surface area contributed by atoms with Crippen LogP contribution in [0.15, 0.2) is 18.2 Å². The van der Waals surface area contributed by atoms with Crippen LogP contribution in [-0.4, -0.2) is 79.7 Å². The van der Waals surface area contributed by atoms with Crippen molar-refractivity contribution in [2.45, 2.75) is 19.0 Å². The number of nitrogens with zero attached hydrogens (tertiary/aromatic N) is 3. The molecule has 0 radical (unpaired) electrons. The number of anilines is 2. The summed E-state index contributed by atoms with van der Waals surface area (Å²) in [6.45, 7) is 1.13. The van der Waals surface area contributed by atoms with E-state index in [0.717, 1.165) is 4.90 Å². The smallest absolute Gasteiger partial charge is 0.414 e. The van der Waals surface area contributed by atoms with Gasteiger partial charge in [-0.1, -0.05) is 12.2 Å². The fourth-order valence-electron chi connectivity index (χ4n) is 3.48. The van der Waals surface area contributed by atoms with Crippen LogP contribution in [0.5, 0.6) is 0 Å². The third-order valence-electron chi connectivity index (χ3n) is 5.06. The van der Waals surface area contributed by atoms with Crippen molar-refractivity contribution in [3.8, 4) is 0 Å². The molecule has 2 aliphatic rings. The maximum Gasteiger partial charge on any atom is 0.414 e. The maximum atomic E-state index is 14.9. The van der Waals surface area contributed by atoms with Gasteiger partial charge in [0, 0.05) is 19.6 Å². The van der Waals surface area contributed by atoms with Gasteiger partial charge >= 0.3 is 12.5 Å². The number of hydrogen-bond acceptors (Lipinski definition) is 7. The number of amides is 3. The third-order valence-corrected chi connectivity index (χ3v) is 5.21. The molecule has 0 aromatic heterocycles. The number of hydrazine groups is 1. The van der Waals surface area contributed by atoms with Gasteiger partial charge in [-0.05, 0) is 18.2 Å². The lowest BCUT2D eigenvalue weighted by Crippen LogP contribution is -2.44. The molecule has 3 rings (SSSR count). The average Bonchev–Trinajstić information content (AvgIpc) is 2.95. The number of carbonyl (C=O) groups is 3. The monoisotopic (exact) mass is 488 g/mol. The maximum absolute atomic E-state index is 14.9. The van der Waals surface area contributed by atoms with Gasteiger partial charge in [-0.2, -0.15) is 8.78 Å². The van der Waals surface area contributed by atoms with Gasteiger partial charge < -0.3 is 20.7 Å². The van der Waals surface area contributed by atoms with Crippen molar-refractivity contribution in [1.29, 1.82) is 0 Å². The summed E-state index contributed by atoms with van der Waals surface area (Å²) in [5.74, 6) is -2.32. The van der Waals surface area contributed by atoms with Crippen molar-refractivity contribution in [2.75, 3.05) is 49.1 Å². The lowest BCUT2D eigenvalue weighted by molar-refractivity contribution is -0.133. The number of cyclic esters (lactones) is 1. The molecule has 1 aromatic carbocycles. The molecule has 3 amide bonds. The van der Waals surface area contributed by atoms with Crippen molar-refractivity contribution in [1.82, 2.24) is 15.8 Å². The zero-order valence-electron chi connectivity index (χ0n) is 17.4. The number of nitrogens with one attached hydrogen (secondary N) is 2. The number of alkyl halides is 2. The largest absolute Gasteiger partial charge is 0.442 e. The van der Waals surface area contributed by atoms with E-state index in [0.29, 0.717) is 19.6 Å². The molecule has 4 N–H and O–H groups in total. The molecule has 2 saturated heterocycles. The van der Waals surface area contributed by atoms with Gasteiger partial charge in [0.05, 0.1) is 42.4 Å². The van der Waals surface area contributed by atoms with E-state index in [1.807, 2.05) is 5.32 Å². The number of hydrogen-bond donors (Lipinski definition) is 3. The molecule has 10 nitrogen and oxygen atoms in total. The highest BCUT2D eigenvalue weighted by Crippen LogP contribution is 2.28. The second-order valence-corrected chi connectivity index (χ2v) is 7.91. The van der Waals surface area contributed by atoms with Crippen LogP contribution in [0.3, 0.4) is 0 Å². The van der Waals surface area contributed by atoms with Crippen molar-refractivity contribution in [3.05, 3.63) is 24.0 Å². The minimum atomic E-state index is -3.17. The molecule has 14 heteroatoms. The van der Waals surface area contributed by atoms with E-state index in [9.17, 15) is 27.6 Å². The van der Waals surface area contributed by atoms with Crippen LogP contribution in [0, 0.1) is 5.82 Å². The highest BCUT2D eigenvalue weighted by Gasteiger charge is 2.33. The molecule has 0 unspecified atom stereocenters. The zero-order valence-corrected chi connectivity index (χ0v) is 18.2. The van der Waals surface area contributed by atoms with E-state index >= 15 is 0 Å². The predicted octanol–water partition coefficient (Wildman–Crippen LogP) is 0.362. The van der Waals surface area contributed by atoms with Crippen LogP contribution in [0.4, 0.5) is 29.3 Å². The fourth-order valence-corrected chi connectivity index (χ4v) is 3.60. The SMILES string of the molecule is NC(=S)CC(=O)N1CCN(c2ccc(N3C[C@H](CNC(=O)C(F)F)OC3=O)cc2F)CCN1. The summed E-state index contributed by atoms with van der Waals surface area (Å²) in [5.41, 5.74) is 8.89. The summed E-state index contributed by atoms with van der Waals surface area (Å²) in [7, 11) is 0. The van der Waals surface area contributed by atoms with E-state index in [2.05, 4.69) is 5.43 Å². The number of ether oxygens (including phenoxy) is 1. The van der Waals surface area contributed by atoms with Gasteiger partial charge in [0.15, 0.2) is 0 Å². The van der Waals surface area contributed by atoms with Gasteiger partial charge in [-0.3, -0.25) is 19.5 Å². The highest BCUT2D eigenvalue weighted by atomic mass is 32.1. The van der Waals surface area contributed by atoms with E-state index < -0.39 is 30.3 Å². The molecule has 33 heavy (non-hydrogen) atoms. The molecule has 1 aromatic rings. The standard InChI is InChI=1S/C19H23F3N6O4S/c20-13-7-11(27-10-12(32-19(27)31)9-24-18(30)17(21)22)1-2-14(13)26-4-3-25-28(6-5-26)16(29)8-15(23)33/h1-2,7,12,17,25H,3-6,8-10H2,(H2,23,33)(H,24,30)/t12-/m0/s1. The molecule has 2 heterocycles. The fraction of sp³-hybridized carbons (Fsp3) is 0.474.